The molecule has 7 nitrogen and oxygen atoms in total. The summed E-state index contributed by atoms with van der Waals surface area (Å²) in [6, 6.07) is 16.8. The van der Waals surface area contributed by atoms with Crippen molar-refractivity contribution in [2.45, 2.75) is 18.9 Å². The summed E-state index contributed by atoms with van der Waals surface area (Å²) in [5.74, 6) is 0.788. The summed E-state index contributed by atoms with van der Waals surface area (Å²) in [7, 11) is 0. The van der Waals surface area contributed by atoms with E-state index in [-0.39, 0.29) is 11.9 Å². The third-order valence-electron chi connectivity index (χ3n) is 5.36. The molecule has 31 heavy (non-hydrogen) atoms. The Morgan fingerprint density at radius 3 is 2.48 bits per heavy atom. The summed E-state index contributed by atoms with van der Waals surface area (Å²) >= 11 is 0. The number of carbonyl (C=O) groups is 2. The first-order valence-electron chi connectivity index (χ1n) is 10.2. The smallest absolute Gasteiger partial charge is 0.252 e. The highest BCUT2D eigenvalue weighted by molar-refractivity contribution is 5.98. The second-order valence-corrected chi connectivity index (χ2v) is 7.46. The summed E-state index contributed by atoms with van der Waals surface area (Å²) in [6.45, 7) is 4.78. The number of benzene rings is 2. The number of amides is 2. The minimum Gasteiger partial charge on any atom is -0.457 e. The number of para-hydroxylation sites is 1. The van der Waals surface area contributed by atoms with Gasteiger partial charge in [-0.2, -0.15) is 5.10 Å². The molecular formula is C24H24N4O3. The minimum atomic E-state index is -0.541. The van der Waals surface area contributed by atoms with Gasteiger partial charge in [-0.15, -0.1) is 0 Å². The molecule has 2 heterocycles. The predicted octanol–water partition coefficient (Wildman–Crippen LogP) is 3.79. The van der Waals surface area contributed by atoms with Crippen LogP contribution in [0.2, 0.25) is 0 Å². The number of nitrogens with two attached hydrogens (primary N) is 1. The molecule has 2 aromatic carbocycles. The molecule has 158 valence electrons. The van der Waals surface area contributed by atoms with Gasteiger partial charge in [-0.1, -0.05) is 24.8 Å². The number of ether oxygens (including phenoxy) is 1. The molecule has 3 aromatic rings. The van der Waals surface area contributed by atoms with Gasteiger partial charge in [0.25, 0.3) is 5.91 Å². The number of likely N-dealkylation sites (tertiary alicyclic amines) is 1. The van der Waals surface area contributed by atoms with Crippen LogP contribution in [0.5, 0.6) is 11.5 Å². The van der Waals surface area contributed by atoms with E-state index in [0.717, 1.165) is 24.2 Å². The van der Waals surface area contributed by atoms with E-state index in [1.807, 2.05) is 54.6 Å². The molecule has 0 bridgehead atoms. The second kappa shape index (κ2) is 8.87. The molecule has 1 aliphatic heterocycles. The lowest BCUT2D eigenvalue weighted by Gasteiger charge is -2.32. The standard InChI is InChI=1S/C24H24N4O3/c1-2-22(29)27-14-6-7-18(15-27)28-16-21(24(25)30)23(26-28)17-10-12-20(13-11-17)31-19-8-4-3-5-9-19/h2-5,8-13,16,18H,1,6-7,14-15H2,(H2,25,30)/t18-/m1/s1. The highest BCUT2D eigenvalue weighted by Crippen LogP contribution is 2.29. The molecule has 1 saturated heterocycles. The van der Waals surface area contributed by atoms with Gasteiger partial charge in [-0.25, -0.2) is 0 Å². The van der Waals surface area contributed by atoms with Crippen LogP contribution in [0.15, 0.2) is 73.4 Å². The highest BCUT2D eigenvalue weighted by atomic mass is 16.5. The summed E-state index contributed by atoms with van der Waals surface area (Å²) in [5, 5.41) is 4.67. The first-order chi connectivity index (χ1) is 15.0. The summed E-state index contributed by atoms with van der Waals surface area (Å²) in [4.78, 5) is 25.8. The molecule has 1 fully saturated rings. The molecule has 0 saturated carbocycles. The van der Waals surface area contributed by atoms with Gasteiger partial charge in [0.2, 0.25) is 5.91 Å². The number of hydrogen-bond donors (Lipinski definition) is 1. The number of piperidine rings is 1. The van der Waals surface area contributed by atoms with E-state index in [1.165, 1.54) is 6.08 Å². The van der Waals surface area contributed by atoms with Gasteiger partial charge in [-0.05, 0) is 55.3 Å². The monoisotopic (exact) mass is 416 g/mol. The van der Waals surface area contributed by atoms with Crippen LogP contribution >= 0.6 is 0 Å². The molecular weight excluding hydrogens is 392 g/mol. The third-order valence-corrected chi connectivity index (χ3v) is 5.36. The summed E-state index contributed by atoms with van der Waals surface area (Å²) in [5.41, 5.74) is 7.27. The number of carbonyl (C=O) groups excluding carboxylic acids is 2. The van der Waals surface area contributed by atoms with Crippen LogP contribution < -0.4 is 10.5 Å². The first-order valence-corrected chi connectivity index (χ1v) is 10.2. The number of nitrogens with zero attached hydrogens (tertiary/aromatic N) is 3. The largest absolute Gasteiger partial charge is 0.457 e. The van der Waals surface area contributed by atoms with E-state index in [4.69, 9.17) is 10.5 Å². The fourth-order valence-corrected chi connectivity index (χ4v) is 3.78. The zero-order valence-electron chi connectivity index (χ0n) is 17.1. The van der Waals surface area contributed by atoms with Gasteiger partial charge in [0, 0.05) is 24.8 Å². The summed E-state index contributed by atoms with van der Waals surface area (Å²) in [6.07, 6.45) is 4.73. The Bertz CT molecular complexity index is 1090. The van der Waals surface area contributed by atoms with Gasteiger partial charge in [0.15, 0.2) is 0 Å². The number of aromatic nitrogens is 2. The van der Waals surface area contributed by atoms with Crippen molar-refractivity contribution in [1.82, 2.24) is 14.7 Å². The maximum atomic E-state index is 12.1. The van der Waals surface area contributed by atoms with Gasteiger partial charge < -0.3 is 15.4 Å². The van der Waals surface area contributed by atoms with E-state index in [9.17, 15) is 9.59 Å². The van der Waals surface area contributed by atoms with Crippen LogP contribution in [0.1, 0.15) is 29.2 Å². The molecule has 1 aliphatic rings. The maximum Gasteiger partial charge on any atom is 0.252 e. The lowest BCUT2D eigenvalue weighted by atomic mass is 10.1. The Labute approximate surface area is 180 Å². The molecule has 2 amide bonds. The highest BCUT2D eigenvalue weighted by Gasteiger charge is 2.26. The Kier molecular flexibility index (Phi) is 5.84. The second-order valence-electron chi connectivity index (χ2n) is 7.46. The van der Waals surface area contributed by atoms with Gasteiger partial charge in [0.05, 0.1) is 11.6 Å². The molecule has 7 heteroatoms. The predicted molar refractivity (Wildman–Crippen MR) is 118 cm³/mol. The molecule has 0 aliphatic carbocycles. The molecule has 4 rings (SSSR count). The Morgan fingerprint density at radius 1 is 1.10 bits per heavy atom. The minimum absolute atomic E-state index is 0.0230. The van der Waals surface area contributed by atoms with E-state index < -0.39 is 5.91 Å². The topological polar surface area (TPSA) is 90.5 Å². The van der Waals surface area contributed by atoms with Crippen LogP contribution in [0.25, 0.3) is 11.3 Å². The quantitative estimate of drug-likeness (QED) is 0.619. The lowest BCUT2D eigenvalue weighted by molar-refractivity contribution is -0.127. The van der Waals surface area contributed by atoms with Crippen molar-refractivity contribution in [3.05, 3.63) is 79.0 Å². The van der Waals surface area contributed by atoms with Crippen LogP contribution in [0.3, 0.4) is 0 Å². The molecule has 0 spiro atoms. The Balaban J connectivity index is 1.58. The average Bonchev–Trinajstić information content (AvgIpc) is 3.26. The Hall–Kier alpha value is -3.87. The molecule has 1 atom stereocenters. The third kappa shape index (κ3) is 4.50. The van der Waals surface area contributed by atoms with Crippen molar-refractivity contribution in [3.63, 3.8) is 0 Å². The number of hydrogen-bond acceptors (Lipinski definition) is 4. The van der Waals surface area contributed by atoms with Crippen LogP contribution in [0, 0.1) is 0 Å². The maximum absolute atomic E-state index is 12.1. The van der Waals surface area contributed by atoms with E-state index >= 15 is 0 Å². The SMILES string of the molecule is C=CC(=O)N1CCC[C@@H](n2cc(C(N)=O)c(-c3ccc(Oc4ccccc4)cc3)n2)C1. The zero-order chi connectivity index (χ0) is 21.8. The van der Waals surface area contributed by atoms with E-state index in [0.29, 0.717) is 30.1 Å². The fraction of sp³-hybridized carbons (Fsp3) is 0.208. The van der Waals surface area contributed by atoms with Gasteiger partial charge >= 0.3 is 0 Å². The number of primary amides is 1. The van der Waals surface area contributed by atoms with Crippen molar-refractivity contribution >= 4 is 11.8 Å². The molecule has 0 radical (unpaired) electrons. The molecule has 0 unspecified atom stereocenters. The zero-order valence-corrected chi connectivity index (χ0v) is 17.1. The molecule has 1 aromatic heterocycles. The first kappa shape index (κ1) is 20.4. The van der Waals surface area contributed by atoms with Crippen molar-refractivity contribution in [3.8, 4) is 22.8 Å². The van der Waals surface area contributed by atoms with Crippen LogP contribution in [-0.4, -0.2) is 39.6 Å². The van der Waals surface area contributed by atoms with Crippen molar-refractivity contribution in [2.75, 3.05) is 13.1 Å². The Morgan fingerprint density at radius 2 is 1.81 bits per heavy atom. The van der Waals surface area contributed by atoms with Crippen molar-refractivity contribution < 1.29 is 14.3 Å². The van der Waals surface area contributed by atoms with Crippen molar-refractivity contribution in [1.29, 1.82) is 0 Å². The summed E-state index contributed by atoms with van der Waals surface area (Å²) < 4.78 is 7.59. The fourth-order valence-electron chi connectivity index (χ4n) is 3.78. The van der Waals surface area contributed by atoms with Gasteiger partial charge in [-0.3, -0.25) is 14.3 Å². The van der Waals surface area contributed by atoms with E-state index in [2.05, 4.69) is 11.7 Å². The lowest BCUT2D eigenvalue weighted by Crippen LogP contribution is -2.40. The van der Waals surface area contributed by atoms with Crippen LogP contribution in [0.4, 0.5) is 0 Å². The van der Waals surface area contributed by atoms with E-state index in [1.54, 1.807) is 15.8 Å². The van der Waals surface area contributed by atoms with Crippen molar-refractivity contribution in [2.24, 2.45) is 5.73 Å². The average molecular weight is 416 g/mol. The molecule has 2 N–H and O–H groups in total. The van der Waals surface area contributed by atoms with Gasteiger partial charge in [0.1, 0.15) is 17.2 Å². The van der Waals surface area contributed by atoms with Crippen LogP contribution in [-0.2, 0) is 4.79 Å². The normalized spacial score (nSPS) is 16.0. The number of rotatable bonds is 6.